The minimum atomic E-state index is -4.37. The standard InChI is InChI=1S/C12H9F3N6S2/c13-12(14,15)8-3-1-7(2-4-8)9(18-10-20-16-5-22-10)19-11-21-17-6-23-11/h1-6,9H,(H,18,20)(H,19,21). The molecular formula is C12H9F3N6S2. The number of nitrogens with zero attached hydrogens (tertiary/aromatic N) is 4. The summed E-state index contributed by atoms with van der Waals surface area (Å²) in [7, 11) is 0. The summed E-state index contributed by atoms with van der Waals surface area (Å²) in [6, 6.07) is 4.86. The molecule has 11 heteroatoms. The molecule has 0 saturated carbocycles. The van der Waals surface area contributed by atoms with Gasteiger partial charge in [-0.3, -0.25) is 0 Å². The van der Waals surface area contributed by atoms with Crippen LogP contribution < -0.4 is 10.6 Å². The summed E-state index contributed by atoms with van der Waals surface area (Å²) in [5.74, 6) is 0. The quantitative estimate of drug-likeness (QED) is 0.679. The van der Waals surface area contributed by atoms with Gasteiger partial charge < -0.3 is 10.6 Å². The van der Waals surface area contributed by atoms with E-state index in [1.807, 2.05) is 0 Å². The highest BCUT2D eigenvalue weighted by Crippen LogP contribution is 2.31. The van der Waals surface area contributed by atoms with Crippen molar-refractivity contribution in [1.29, 1.82) is 0 Å². The van der Waals surface area contributed by atoms with Crippen LogP contribution in [0.3, 0.4) is 0 Å². The van der Waals surface area contributed by atoms with Gasteiger partial charge in [-0.1, -0.05) is 34.8 Å². The number of hydrogen-bond acceptors (Lipinski definition) is 8. The minimum Gasteiger partial charge on any atom is -0.336 e. The van der Waals surface area contributed by atoms with Gasteiger partial charge in [-0.05, 0) is 17.7 Å². The lowest BCUT2D eigenvalue weighted by Crippen LogP contribution is -2.20. The van der Waals surface area contributed by atoms with Crippen LogP contribution in [0.2, 0.25) is 0 Å². The van der Waals surface area contributed by atoms with Gasteiger partial charge in [0.2, 0.25) is 10.3 Å². The molecule has 120 valence electrons. The number of rotatable bonds is 5. The summed E-state index contributed by atoms with van der Waals surface area (Å²) < 4.78 is 38.0. The zero-order chi connectivity index (χ0) is 16.3. The summed E-state index contributed by atoms with van der Waals surface area (Å²) in [4.78, 5) is 0. The third-order valence-corrected chi connectivity index (χ3v) is 4.07. The lowest BCUT2D eigenvalue weighted by Gasteiger charge is -2.19. The second-order valence-corrected chi connectivity index (χ2v) is 6.00. The summed E-state index contributed by atoms with van der Waals surface area (Å²) in [6.07, 6.45) is -4.88. The molecule has 6 nitrogen and oxygen atoms in total. The molecule has 2 heterocycles. The van der Waals surface area contributed by atoms with Crippen LogP contribution in [0.15, 0.2) is 35.3 Å². The first-order valence-corrected chi connectivity index (χ1v) is 8.01. The molecule has 1 aromatic carbocycles. The molecule has 0 radical (unpaired) electrons. The molecule has 0 amide bonds. The van der Waals surface area contributed by atoms with E-state index in [2.05, 4.69) is 31.0 Å². The van der Waals surface area contributed by atoms with Crippen molar-refractivity contribution in [2.45, 2.75) is 12.3 Å². The fourth-order valence-electron chi connectivity index (χ4n) is 1.79. The summed E-state index contributed by atoms with van der Waals surface area (Å²) >= 11 is 2.56. The number of benzene rings is 1. The third kappa shape index (κ3) is 3.93. The molecule has 0 aliphatic heterocycles. The molecule has 0 unspecified atom stereocenters. The number of anilines is 2. The Labute approximate surface area is 136 Å². The Balaban J connectivity index is 1.84. The van der Waals surface area contributed by atoms with E-state index in [9.17, 15) is 13.2 Å². The molecule has 0 bridgehead atoms. The lowest BCUT2D eigenvalue weighted by atomic mass is 10.1. The monoisotopic (exact) mass is 358 g/mol. The molecule has 23 heavy (non-hydrogen) atoms. The zero-order valence-electron chi connectivity index (χ0n) is 11.3. The Hall–Kier alpha value is -2.27. The van der Waals surface area contributed by atoms with Crippen LogP contribution in [0.25, 0.3) is 0 Å². The van der Waals surface area contributed by atoms with Gasteiger partial charge in [0.25, 0.3) is 0 Å². The van der Waals surface area contributed by atoms with Gasteiger partial charge >= 0.3 is 6.18 Å². The summed E-state index contributed by atoms with van der Waals surface area (Å²) in [6.45, 7) is 0. The smallest absolute Gasteiger partial charge is 0.336 e. The van der Waals surface area contributed by atoms with Gasteiger partial charge in [-0.15, -0.1) is 20.4 Å². The van der Waals surface area contributed by atoms with E-state index in [-0.39, 0.29) is 0 Å². The van der Waals surface area contributed by atoms with Crippen LogP contribution in [0, 0.1) is 0 Å². The van der Waals surface area contributed by atoms with Crippen molar-refractivity contribution in [3.63, 3.8) is 0 Å². The molecule has 0 fully saturated rings. The number of alkyl halides is 3. The highest BCUT2D eigenvalue weighted by molar-refractivity contribution is 7.13. The van der Waals surface area contributed by atoms with E-state index >= 15 is 0 Å². The first kappa shape index (κ1) is 15.6. The van der Waals surface area contributed by atoms with Crippen LogP contribution >= 0.6 is 22.7 Å². The molecule has 0 aliphatic rings. The summed E-state index contributed by atoms with van der Waals surface area (Å²) in [5.41, 5.74) is 3.00. The van der Waals surface area contributed by atoms with E-state index in [0.29, 0.717) is 15.8 Å². The Morgan fingerprint density at radius 1 is 0.870 bits per heavy atom. The predicted molar refractivity (Wildman–Crippen MR) is 81.2 cm³/mol. The fourth-order valence-corrected chi connectivity index (χ4v) is 2.73. The molecule has 0 aliphatic carbocycles. The molecule has 2 N–H and O–H groups in total. The van der Waals surface area contributed by atoms with Crippen molar-refractivity contribution in [2.75, 3.05) is 10.6 Å². The number of halogens is 3. The predicted octanol–water partition coefficient (Wildman–Crippen LogP) is 3.63. The average molecular weight is 358 g/mol. The van der Waals surface area contributed by atoms with Crippen molar-refractivity contribution in [2.24, 2.45) is 0 Å². The topological polar surface area (TPSA) is 75.6 Å². The number of nitrogens with one attached hydrogen (secondary N) is 2. The molecule has 0 saturated heterocycles. The maximum Gasteiger partial charge on any atom is 0.416 e. The van der Waals surface area contributed by atoms with Crippen LogP contribution in [-0.2, 0) is 6.18 Å². The van der Waals surface area contributed by atoms with Gasteiger partial charge in [-0.2, -0.15) is 13.2 Å². The van der Waals surface area contributed by atoms with Gasteiger partial charge in [0, 0.05) is 0 Å². The van der Waals surface area contributed by atoms with Crippen molar-refractivity contribution in [3.05, 3.63) is 46.4 Å². The summed E-state index contributed by atoms with van der Waals surface area (Å²) in [5, 5.41) is 22.4. The number of hydrogen-bond donors (Lipinski definition) is 2. The largest absolute Gasteiger partial charge is 0.416 e. The molecule has 2 aromatic heterocycles. The fraction of sp³-hybridized carbons (Fsp3) is 0.167. The maximum absolute atomic E-state index is 12.7. The van der Waals surface area contributed by atoms with E-state index in [1.165, 1.54) is 34.8 Å². The van der Waals surface area contributed by atoms with Gasteiger partial charge in [-0.25, -0.2) is 0 Å². The second-order valence-electron chi connectivity index (χ2n) is 4.33. The van der Waals surface area contributed by atoms with Crippen molar-refractivity contribution < 1.29 is 13.2 Å². The van der Waals surface area contributed by atoms with Crippen LogP contribution in [-0.4, -0.2) is 20.4 Å². The number of aromatic nitrogens is 4. The van der Waals surface area contributed by atoms with E-state index in [1.54, 1.807) is 11.0 Å². The van der Waals surface area contributed by atoms with E-state index in [4.69, 9.17) is 0 Å². The van der Waals surface area contributed by atoms with Gasteiger partial charge in [0.05, 0.1) is 5.56 Å². The maximum atomic E-state index is 12.7. The Morgan fingerprint density at radius 2 is 1.39 bits per heavy atom. The molecule has 0 atom stereocenters. The molecule has 3 aromatic rings. The highest BCUT2D eigenvalue weighted by atomic mass is 32.1. The van der Waals surface area contributed by atoms with Crippen LogP contribution in [0.5, 0.6) is 0 Å². The molecule has 0 spiro atoms. The SMILES string of the molecule is FC(F)(F)c1ccc(C(Nc2nncs2)Nc2nncs2)cc1. The Kier molecular flexibility index (Phi) is 4.39. The first-order valence-electron chi connectivity index (χ1n) is 6.25. The highest BCUT2D eigenvalue weighted by Gasteiger charge is 2.30. The Morgan fingerprint density at radius 3 is 1.78 bits per heavy atom. The van der Waals surface area contributed by atoms with Crippen molar-refractivity contribution in [1.82, 2.24) is 20.4 Å². The average Bonchev–Trinajstić information content (AvgIpc) is 3.19. The van der Waals surface area contributed by atoms with E-state index < -0.39 is 17.9 Å². The van der Waals surface area contributed by atoms with E-state index in [0.717, 1.165) is 12.1 Å². The Bertz CT molecular complexity index is 691. The minimum absolute atomic E-state index is 0.516. The van der Waals surface area contributed by atoms with Gasteiger partial charge in [0.1, 0.15) is 17.2 Å². The third-order valence-electron chi connectivity index (χ3n) is 2.83. The van der Waals surface area contributed by atoms with Crippen molar-refractivity contribution >= 4 is 32.9 Å². The van der Waals surface area contributed by atoms with Gasteiger partial charge in [0.15, 0.2) is 0 Å². The lowest BCUT2D eigenvalue weighted by molar-refractivity contribution is -0.137. The van der Waals surface area contributed by atoms with Crippen LogP contribution in [0.4, 0.5) is 23.4 Å². The second kappa shape index (κ2) is 6.46. The van der Waals surface area contributed by atoms with Crippen molar-refractivity contribution in [3.8, 4) is 0 Å². The normalized spacial score (nSPS) is 11.7. The molecular weight excluding hydrogens is 349 g/mol. The zero-order valence-corrected chi connectivity index (χ0v) is 12.9. The first-order chi connectivity index (χ1) is 11.0. The van der Waals surface area contributed by atoms with Crippen LogP contribution in [0.1, 0.15) is 17.3 Å². The molecule has 3 rings (SSSR count).